The van der Waals surface area contributed by atoms with Crippen LogP contribution in [0, 0.1) is 13.8 Å². The van der Waals surface area contributed by atoms with Crippen LogP contribution in [0.2, 0.25) is 0 Å². The molecule has 2 unspecified atom stereocenters. The Hall–Kier alpha value is -6.94. The van der Waals surface area contributed by atoms with Crippen LogP contribution < -0.4 is 37.9 Å². The summed E-state index contributed by atoms with van der Waals surface area (Å²) >= 11 is 0. The summed E-state index contributed by atoms with van der Waals surface area (Å²) in [4.78, 5) is 0. The van der Waals surface area contributed by atoms with E-state index in [9.17, 15) is 10.2 Å². The third-order valence-electron chi connectivity index (χ3n) is 11.3. The number of hydrogen-bond acceptors (Lipinski definition) is 10. The molecule has 0 saturated carbocycles. The second-order valence-electron chi connectivity index (χ2n) is 14.4. The van der Waals surface area contributed by atoms with Gasteiger partial charge in [-0.25, -0.2) is 0 Å². The average molecular weight is 811 g/mol. The van der Waals surface area contributed by atoms with Gasteiger partial charge in [0.1, 0.15) is 41.1 Å². The minimum Gasteiger partial charge on any atom is -0.508 e. The van der Waals surface area contributed by atoms with E-state index >= 15 is 0 Å². The van der Waals surface area contributed by atoms with Crippen molar-refractivity contribution in [3.63, 3.8) is 0 Å². The highest BCUT2D eigenvalue weighted by molar-refractivity contribution is 6.02. The van der Waals surface area contributed by atoms with Crippen LogP contribution in [0.1, 0.15) is 56.3 Å². The smallest absolute Gasteiger partial charge is 0.161 e. The number of aromatic hydroxyl groups is 2. The summed E-state index contributed by atoms with van der Waals surface area (Å²) in [6.45, 7) is 4.61. The van der Waals surface area contributed by atoms with Crippen molar-refractivity contribution in [2.24, 2.45) is 0 Å². The molecule has 310 valence electrons. The summed E-state index contributed by atoms with van der Waals surface area (Å²) in [5, 5.41) is 20.3. The van der Waals surface area contributed by atoms with Crippen LogP contribution in [0.4, 0.5) is 0 Å². The van der Waals surface area contributed by atoms with Crippen molar-refractivity contribution >= 4 is 11.1 Å². The molecule has 2 N–H and O–H groups in total. The number of benzene rings is 6. The van der Waals surface area contributed by atoms with Crippen LogP contribution in [0.3, 0.4) is 0 Å². The Labute approximate surface area is 351 Å². The quantitative estimate of drug-likeness (QED) is 0.139. The maximum atomic E-state index is 10.2. The van der Waals surface area contributed by atoms with Crippen molar-refractivity contribution < 1.29 is 48.1 Å². The lowest BCUT2D eigenvalue weighted by Gasteiger charge is -2.35. The molecule has 0 radical (unpaired) electrons. The normalized spacial score (nSPS) is 15.2. The molecule has 0 bridgehead atoms. The van der Waals surface area contributed by atoms with Crippen LogP contribution in [0.25, 0.3) is 11.1 Å². The molecule has 0 amide bonds. The number of phenolic OH excluding ortho intramolecular Hbond substituents is 2. The topological polar surface area (TPSA) is 114 Å². The van der Waals surface area contributed by atoms with Crippen LogP contribution in [0.15, 0.2) is 109 Å². The minimum atomic E-state index is 0.0528. The van der Waals surface area contributed by atoms with Crippen LogP contribution in [-0.2, 0) is 0 Å². The largest absolute Gasteiger partial charge is 0.508 e. The number of methoxy groups -OCH3 is 6. The van der Waals surface area contributed by atoms with E-state index in [4.69, 9.17) is 37.9 Å². The lowest BCUT2D eigenvalue weighted by Crippen LogP contribution is -2.26. The first-order valence-electron chi connectivity index (χ1n) is 19.5. The molecule has 2 atom stereocenters. The zero-order chi connectivity index (χ0) is 42.5. The lowest BCUT2D eigenvalue weighted by atomic mass is 9.75. The predicted molar refractivity (Wildman–Crippen MR) is 232 cm³/mol. The maximum Gasteiger partial charge on any atom is 0.161 e. The third-order valence-corrected chi connectivity index (χ3v) is 11.3. The molecule has 8 rings (SSSR count). The second kappa shape index (κ2) is 17.9. The Morgan fingerprint density at radius 1 is 0.500 bits per heavy atom. The van der Waals surface area contributed by atoms with Gasteiger partial charge in [0.15, 0.2) is 23.0 Å². The number of rotatable bonds is 10. The van der Waals surface area contributed by atoms with Crippen molar-refractivity contribution in [2.75, 3.05) is 55.9 Å². The van der Waals surface area contributed by atoms with Crippen LogP contribution in [-0.4, -0.2) is 66.1 Å². The molecule has 2 aliphatic heterocycles. The van der Waals surface area contributed by atoms with Crippen molar-refractivity contribution in [2.45, 2.75) is 25.7 Å². The first-order chi connectivity index (χ1) is 29.1. The van der Waals surface area contributed by atoms with Gasteiger partial charge in [-0.1, -0.05) is 42.5 Å². The summed E-state index contributed by atoms with van der Waals surface area (Å²) in [5.74, 6) is 6.36. The summed E-state index contributed by atoms with van der Waals surface area (Å²) < 4.78 is 44.8. The van der Waals surface area contributed by atoms with E-state index in [1.165, 1.54) is 0 Å². The second-order valence-corrected chi connectivity index (χ2v) is 14.4. The Balaban J connectivity index is 0.000000181. The summed E-state index contributed by atoms with van der Waals surface area (Å²) in [7, 11) is 9.83. The molecule has 0 aromatic heterocycles. The molecule has 0 fully saturated rings. The molecule has 0 aliphatic carbocycles. The van der Waals surface area contributed by atoms with Crippen molar-refractivity contribution in [1.29, 1.82) is 0 Å². The molecule has 10 nitrogen and oxygen atoms in total. The minimum absolute atomic E-state index is 0.0528. The molecular weight excluding hydrogens is 761 g/mol. The van der Waals surface area contributed by atoms with Gasteiger partial charge in [-0.05, 0) is 108 Å². The monoisotopic (exact) mass is 810 g/mol. The van der Waals surface area contributed by atoms with Crippen LogP contribution >= 0.6 is 0 Å². The fourth-order valence-corrected chi connectivity index (χ4v) is 8.00. The SMILES string of the molecule is COc1ccc(C2=C(c3ccc(OC)c(OC)c3)COc3c2ccc(O)c3C)cc1.COc1ccc(C2c3ccc(O)c(C)c3OCC2c2ccc(OC)c(OC)c2)cc1. The van der Waals surface area contributed by atoms with Gasteiger partial charge in [0, 0.05) is 39.7 Å². The van der Waals surface area contributed by atoms with Crippen molar-refractivity contribution in [3.8, 4) is 57.5 Å². The molecule has 6 aromatic rings. The fraction of sp³-hybridized carbons (Fsp3) is 0.240. The maximum absolute atomic E-state index is 10.2. The highest BCUT2D eigenvalue weighted by atomic mass is 16.5. The van der Waals surface area contributed by atoms with Gasteiger partial charge in [0.25, 0.3) is 0 Å². The summed E-state index contributed by atoms with van der Waals surface area (Å²) in [6.07, 6.45) is 0. The Morgan fingerprint density at radius 3 is 1.65 bits per heavy atom. The zero-order valence-electron chi connectivity index (χ0n) is 35.1. The first-order valence-corrected chi connectivity index (χ1v) is 19.5. The summed E-state index contributed by atoms with van der Waals surface area (Å²) in [5.41, 5.74) is 9.84. The third kappa shape index (κ3) is 7.93. The standard InChI is InChI=1S/C25H26O5.C25H24O5/c2*1-15-21(26)11-10-19-24(16-5-8-18(27-2)9-6-16)20(14-30-25(15)19)17-7-12-22(28-3)23(13-17)29-4/h5-13,20,24,26H,14H2,1-4H3;5-13,26H,14H2,1-4H3. The van der Waals surface area contributed by atoms with Gasteiger partial charge in [-0.3, -0.25) is 0 Å². The molecule has 60 heavy (non-hydrogen) atoms. The molecule has 0 saturated heterocycles. The predicted octanol–water partition coefficient (Wildman–Crippen LogP) is 10.1. The van der Waals surface area contributed by atoms with E-state index in [2.05, 4.69) is 18.2 Å². The average Bonchev–Trinajstić information content (AvgIpc) is 3.30. The summed E-state index contributed by atoms with van der Waals surface area (Å²) in [6, 6.07) is 35.2. The Bertz CT molecular complexity index is 2510. The Kier molecular flexibility index (Phi) is 12.3. The highest BCUT2D eigenvalue weighted by Crippen LogP contribution is 2.50. The lowest BCUT2D eigenvalue weighted by molar-refractivity contribution is 0.245. The van der Waals surface area contributed by atoms with E-state index in [0.717, 1.165) is 72.9 Å². The molecule has 2 heterocycles. The van der Waals surface area contributed by atoms with E-state index in [0.29, 0.717) is 42.0 Å². The van der Waals surface area contributed by atoms with E-state index in [1.807, 2.05) is 92.7 Å². The van der Waals surface area contributed by atoms with Gasteiger partial charge < -0.3 is 48.1 Å². The van der Waals surface area contributed by atoms with Crippen LogP contribution in [0.5, 0.6) is 57.5 Å². The van der Waals surface area contributed by atoms with Crippen molar-refractivity contribution in [1.82, 2.24) is 0 Å². The van der Waals surface area contributed by atoms with Gasteiger partial charge in [0.2, 0.25) is 0 Å². The van der Waals surface area contributed by atoms with Gasteiger partial charge in [-0.2, -0.15) is 0 Å². The molecule has 2 aliphatic rings. The molecular formula is C50H50O10. The van der Waals surface area contributed by atoms with Gasteiger partial charge in [-0.15, -0.1) is 0 Å². The molecule has 6 aromatic carbocycles. The van der Waals surface area contributed by atoms with E-state index < -0.39 is 0 Å². The number of ether oxygens (including phenoxy) is 8. The van der Waals surface area contributed by atoms with Gasteiger partial charge >= 0.3 is 0 Å². The number of phenols is 2. The fourth-order valence-electron chi connectivity index (χ4n) is 8.00. The molecule has 0 spiro atoms. The first kappa shape index (κ1) is 41.2. The number of fused-ring (bicyclic) bond motifs is 2. The van der Waals surface area contributed by atoms with Crippen molar-refractivity contribution in [3.05, 3.63) is 154 Å². The number of hydrogen-bond donors (Lipinski definition) is 2. The van der Waals surface area contributed by atoms with E-state index in [1.54, 1.807) is 54.8 Å². The zero-order valence-corrected chi connectivity index (χ0v) is 35.1. The van der Waals surface area contributed by atoms with E-state index in [-0.39, 0.29) is 23.3 Å². The van der Waals surface area contributed by atoms with Gasteiger partial charge in [0.05, 0.1) is 49.3 Å². The Morgan fingerprint density at radius 2 is 1.03 bits per heavy atom. The molecule has 10 heteroatoms. The highest BCUT2D eigenvalue weighted by Gasteiger charge is 2.35.